The van der Waals surface area contributed by atoms with Crippen LogP contribution < -0.4 is 5.32 Å². The van der Waals surface area contributed by atoms with E-state index in [1.807, 2.05) is 30.3 Å². The minimum atomic E-state index is -0.521. The van der Waals surface area contributed by atoms with Crippen molar-refractivity contribution in [3.63, 3.8) is 0 Å². The molecule has 7 heteroatoms. The van der Waals surface area contributed by atoms with E-state index in [2.05, 4.69) is 10.5 Å². The molecule has 0 radical (unpaired) electrons. The zero-order valence-corrected chi connectivity index (χ0v) is 13.4. The van der Waals surface area contributed by atoms with Crippen LogP contribution in [0.5, 0.6) is 0 Å². The predicted molar refractivity (Wildman–Crippen MR) is 92.4 cm³/mol. The number of hydrogen-bond donors (Lipinski definition) is 1. The second-order valence-corrected chi connectivity index (χ2v) is 5.45. The number of nitro groups is 1. The van der Waals surface area contributed by atoms with E-state index in [-0.39, 0.29) is 18.0 Å². The molecule has 0 fully saturated rings. The van der Waals surface area contributed by atoms with Gasteiger partial charge in [0.2, 0.25) is 0 Å². The molecule has 3 aromatic rings. The summed E-state index contributed by atoms with van der Waals surface area (Å²) < 4.78 is 5.30. The first kappa shape index (κ1) is 16.4. The summed E-state index contributed by atoms with van der Waals surface area (Å²) in [5, 5.41) is 18.1. The number of anilines is 1. The summed E-state index contributed by atoms with van der Waals surface area (Å²) in [6.45, 7) is 1.63. The molecule has 7 nitrogen and oxygen atoms in total. The van der Waals surface area contributed by atoms with Crippen LogP contribution in [-0.4, -0.2) is 15.9 Å². The number of hydrogen-bond acceptors (Lipinski definition) is 6. The summed E-state index contributed by atoms with van der Waals surface area (Å²) >= 11 is 0. The van der Waals surface area contributed by atoms with Crippen LogP contribution >= 0.6 is 0 Å². The second-order valence-electron chi connectivity index (χ2n) is 5.45. The molecule has 0 unspecified atom stereocenters. The van der Waals surface area contributed by atoms with Crippen LogP contribution in [0.3, 0.4) is 0 Å². The molecule has 25 heavy (non-hydrogen) atoms. The minimum absolute atomic E-state index is 0.153. The van der Waals surface area contributed by atoms with Crippen molar-refractivity contribution in [3.8, 4) is 11.3 Å². The van der Waals surface area contributed by atoms with E-state index in [1.54, 1.807) is 12.1 Å². The van der Waals surface area contributed by atoms with Gasteiger partial charge in [0.05, 0.1) is 11.5 Å². The van der Waals surface area contributed by atoms with Gasteiger partial charge in [-0.3, -0.25) is 14.9 Å². The summed E-state index contributed by atoms with van der Waals surface area (Å²) in [4.78, 5) is 22.1. The Labute approximate surface area is 143 Å². The van der Waals surface area contributed by atoms with E-state index in [4.69, 9.17) is 4.52 Å². The lowest BCUT2D eigenvalue weighted by Crippen LogP contribution is -2.04. The Morgan fingerprint density at radius 3 is 2.64 bits per heavy atom. The van der Waals surface area contributed by atoms with Gasteiger partial charge in [-0.1, -0.05) is 35.5 Å². The monoisotopic (exact) mass is 337 g/mol. The highest BCUT2D eigenvalue weighted by Crippen LogP contribution is 2.27. The molecule has 126 valence electrons. The van der Waals surface area contributed by atoms with Crippen molar-refractivity contribution >= 4 is 17.2 Å². The first-order valence-electron chi connectivity index (χ1n) is 7.59. The lowest BCUT2D eigenvalue weighted by molar-refractivity contribution is -0.384. The Morgan fingerprint density at radius 1 is 1.20 bits per heavy atom. The van der Waals surface area contributed by atoms with Gasteiger partial charge in [-0.2, -0.15) is 0 Å². The van der Waals surface area contributed by atoms with Gasteiger partial charge in [0.1, 0.15) is 11.4 Å². The summed E-state index contributed by atoms with van der Waals surface area (Å²) in [6.07, 6.45) is 0. The number of carbonyl (C=O) groups is 1. The molecule has 0 bridgehead atoms. The van der Waals surface area contributed by atoms with Crippen LogP contribution in [0, 0.1) is 10.1 Å². The quantitative estimate of drug-likeness (QED) is 0.414. The standard InChI is InChI=1S/C18H15N3O4/c1-12(22)14-7-8-16(17(9-14)21(23)24)19-11-15-10-18(25-20-15)13-5-3-2-4-6-13/h2-10,19H,11H2,1H3. The zero-order chi connectivity index (χ0) is 17.8. The second kappa shape index (κ2) is 6.96. The summed E-state index contributed by atoms with van der Waals surface area (Å²) in [5.41, 5.74) is 1.98. The average molecular weight is 337 g/mol. The molecule has 0 saturated carbocycles. The van der Waals surface area contributed by atoms with Crippen LogP contribution in [0.25, 0.3) is 11.3 Å². The van der Waals surface area contributed by atoms with E-state index in [0.29, 0.717) is 22.7 Å². The Kier molecular flexibility index (Phi) is 4.56. The first-order valence-corrected chi connectivity index (χ1v) is 7.59. The fraction of sp³-hybridized carbons (Fsp3) is 0.111. The average Bonchev–Trinajstić information content (AvgIpc) is 3.09. The number of nitrogens with one attached hydrogen (secondary N) is 1. The third kappa shape index (κ3) is 3.72. The summed E-state index contributed by atoms with van der Waals surface area (Å²) in [7, 11) is 0. The SMILES string of the molecule is CC(=O)c1ccc(NCc2cc(-c3ccccc3)on2)c([N+](=O)[O-])c1. The molecule has 1 aromatic heterocycles. The third-order valence-electron chi connectivity index (χ3n) is 3.68. The molecule has 0 saturated heterocycles. The molecule has 3 rings (SSSR count). The molecule has 0 aliphatic carbocycles. The van der Waals surface area contributed by atoms with E-state index in [1.165, 1.54) is 19.1 Å². The Hall–Kier alpha value is -3.48. The number of Topliss-reactive ketones (excluding diaryl/α,β-unsaturated/α-hetero) is 1. The Bertz CT molecular complexity index is 919. The fourth-order valence-electron chi connectivity index (χ4n) is 2.37. The molecule has 1 N–H and O–H groups in total. The van der Waals surface area contributed by atoms with Gasteiger partial charge in [0, 0.05) is 23.3 Å². The number of carbonyl (C=O) groups excluding carboxylic acids is 1. The lowest BCUT2D eigenvalue weighted by Gasteiger charge is -2.06. The van der Waals surface area contributed by atoms with E-state index >= 15 is 0 Å². The maximum atomic E-state index is 11.4. The van der Waals surface area contributed by atoms with E-state index in [9.17, 15) is 14.9 Å². The molecule has 2 aromatic carbocycles. The van der Waals surface area contributed by atoms with Crippen molar-refractivity contribution in [1.82, 2.24) is 5.16 Å². The van der Waals surface area contributed by atoms with E-state index in [0.717, 1.165) is 5.56 Å². The van der Waals surface area contributed by atoms with Crippen LogP contribution in [0.4, 0.5) is 11.4 Å². The molecule has 0 spiro atoms. The number of ketones is 1. The van der Waals surface area contributed by atoms with Crippen molar-refractivity contribution in [2.75, 3.05) is 5.32 Å². The largest absolute Gasteiger partial charge is 0.374 e. The van der Waals surface area contributed by atoms with Crippen molar-refractivity contribution in [1.29, 1.82) is 0 Å². The van der Waals surface area contributed by atoms with Gasteiger partial charge in [-0.15, -0.1) is 0 Å². The van der Waals surface area contributed by atoms with E-state index < -0.39 is 4.92 Å². The highest BCUT2D eigenvalue weighted by molar-refractivity contribution is 5.95. The van der Waals surface area contributed by atoms with Crippen molar-refractivity contribution in [3.05, 3.63) is 76.0 Å². The molecule has 1 heterocycles. The van der Waals surface area contributed by atoms with Gasteiger partial charge in [0.15, 0.2) is 11.5 Å². The molecule has 0 amide bonds. The van der Waals surface area contributed by atoms with Crippen LogP contribution in [-0.2, 0) is 6.54 Å². The highest BCUT2D eigenvalue weighted by Gasteiger charge is 2.16. The number of aromatic nitrogens is 1. The van der Waals surface area contributed by atoms with Gasteiger partial charge < -0.3 is 9.84 Å². The van der Waals surface area contributed by atoms with Gasteiger partial charge in [0.25, 0.3) is 5.69 Å². The minimum Gasteiger partial charge on any atom is -0.374 e. The van der Waals surface area contributed by atoms with Crippen molar-refractivity contribution in [2.45, 2.75) is 13.5 Å². The predicted octanol–water partition coefficient (Wildman–Crippen LogP) is 4.06. The fourth-order valence-corrected chi connectivity index (χ4v) is 2.37. The molecular formula is C18H15N3O4. The lowest BCUT2D eigenvalue weighted by atomic mass is 10.1. The van der Waals surface area contributed by atoms with Crippen molar-refractivity contribution in [2.24, 2.45) is 0 Å². The zero-order valence-electron chi connectivity index (χ0n) is 13.4. The number of rotatable bonds is 6. The summed E-state index contributed by atoms with van der Waals surface area (Å²) in [6, 6.07) is 15.6. The molecule has 0 aliphatic rings. The highest BCUT2D eigenvalue weighted by atomic mass is 16.6. The number of nitrogens with zero attached hydrogens (tertiary/aromatic N) is 2. The van der Waals surface area contributed by atoms with Crippen LogP contribution in [0.2, 0.25) is 0 Å². The van der Waals surface area contributed by atoms with Gasteiger partial charge >= 0.3 is 0 Å². The maximum Gasteiger partial charge on any atom is 0.293 e. The smallest absolute Gasteiger partial charge is 0.293 e. The Morgan fingerprint density at radius 2 is 1.96 bits per heavy atom. The van der Waals surface area contributed by atoms with Crippen LogP contribution in [0.1, 0.15) is 23.0 Å². The molecular weight excluding hydrogens is 322 g/mol. The van der Waals surface area contributed by atoms with Gasteiger partial charge in [-0.25, -0.2) is 0 Å². The summed E-state index contributed by atoms with van der Waals surface area (Å²) in [5.74, 6) is 0.400. The Balaban J connectivity index is 1.77. The number of benzene rings is 2. The normalized spacial score (nSPS) is 10.4. The first-order chi connectivity index (χ1) is 12.0. The van der Waals surface area contributed by atoms with Crippen molar-refractivity contribution < 1.29 is 14.2 Å². The maximum absolute atomic E-state index is 11.4. The van der Waals surface area contributed by atoms with Crippen LogP contribution in [0.15, 0.2) is 59.1 Å². The van der Waals surface area contributed by atoms with Gasteiger partial charge in [-0.05, 0) is 19.1 Å². The molecule has 0 aliphatic heterocycles. The third-order valence-corrected chi connectivity index (χ3v) is 3.68. The topological polar surface area (TPSA) is 98.3 Å². The number of nitro benzene ring substituents is 1. The molecule has 0 atom stereocenters.